The number of nitrogens with two attached hydrogens (primary N) is 1. The molecule has 0 fully saturated rings. The van der Waals surface area contributed by atoms with Gasteiger partial charge in [0.1, 0.15) is 0 Å². The summed E-state index contributed by atoms with van der Waals surface area (Å²) in [5.74, 6) is 0. The fourth-order valence-electron chi connectivity index (χ4n) is 2.68. The second-order valence-corrected chi connectivity index (χ2v) is 5.48. The van der Waals surface area contributed by atoms with Crippen molar-refractivity contribution in [2.24, 2.45) is 5.73 Å². The average molecular weight is 282 g/mol. The third-order valence-corrected chi connectivity index (χ3v) is 3.96. The summed E-state index contributed by atoms with van der Waals surface area (Å²) in [7, 11) is 0. The molecule has 20 heavy (non-hydrogen) atoms. The van der Waals surface area contributed by atoms with Crippen molar-refractivity contribution in [1.82, 2.24) is 0 Å². The number of hydrogen-bond acceptors (Lipinski definition) is 1. The molecule has 2 N–H and O–H groups in total. The van der Waals surface area contributed by atoms with Gasteiger partial charge >= 0.3 is 0 Å². The van der Waals surface area contributed by atoms with Crippen molar-refractivity contribution in [3.63, 3.8) is 0 Å². The van der Waals surface area contributed by atoms with Crippen molar-refractivity contribution in [3.8, 4) is 0 Å². The molecule has 1 unspecified atom stereocenters. The van der Waals surface area contributed by atoms with Gasteiger partial charge in [-0.1, -0.05) is 60.1 Å². The van der Waals surface area contributed by atoms with Gasteiger partial charge in [-0.2, -0.15) is 0 Å². The van der Waals surface area contributed by atoms with Crippen LogP contribution in [0.5, 0.6) is 0 Å². The van der Waals surface area contributed by atoms with Crippen LogP contribution >= 0.6 is 11.6 Å². The van der Waals surface area contributed by atoms with Crippen molar-refractivity contribution in [2.45, 2.75) is 13.0 Å². The Bertz CT molecular complexity index is 759. The highest BCUT2D eigenvalue weighted by atomic mass is 35.5. The standard InChI is InChI=1S/C18H16ClN/c1-12-11-14(19)9-10-15(12)18(20)17-8-4-6-13-5-2-3-7-16(13)17/h2-11,18H,20H2,1H3. The summed E-state index contributed by atoms with van der Waals surface area (Å²) in [6.07, 6.45) is 0. The molecular formula is C18H16ClN. The van der Waals surface area contributed by atoms with E-state index in [1.807, 2.05) is 37.3 Å². The molecule has 0 aliphatic heterocycles. The second-order valence-electron chi connectivity index (χ2n) is 5.05. The van der Waals surface area contributed by atoms with E-state index in [9.17, 15) is 0 Å². The molecule has 0 bridgehead atoms. The van der Waals surface area contributed by atoms with E-state index in [1.54, 1.807) is 0 Å². The fourth-order valence-corrected chi connectivity index (χ4v) is 2.90. The van der Waals surface area contributed by atoms with Crippen molar-refractivity contribution in [3.05, 3.63) is 82.4 Å². The zero-order valence-corrected chi connectivity index (χ0v) is 12.1. The van der Waals surface area contributed by atoms with Crippen LogP contribution in [0.3, 0.4) is 0 Å². The lowest BCUT2D eigenvalue weighted by Crippen LogP contribution is -2.13. The molecule has 1 atom stereocenters. The zero-order valence-electron chi connectivity index (χ0n) is 11.3. The molecular weight excluding hydrogens is 266 g/mol. The number of fused-ring (bicyclic) bond motifs is 1. The maximum atomic E-state index is 6.49. The molecule has 0 aromatic heterocycles. The van der Waals surface area contributed by atoms with Gasteiger partial charge < -0.3 is 5.73 Å². The van der Waals surface area contributed by atoms with Gasteiger partial charge in [-0.15, -0.1) is 0 Å². The smallest absolute Gasteiger partial charge is 0.0560 e. The summed E-state index contributed by atoms with van der Waals surface area (Å²) >= 11 is 6.02. The normalized spacial score (nSPS) is 12.6. The third kappa shape index (κ3) is 2.31. The Labute approximate surface area is 124 Å². The zero-order chi connectivity index (χ0) is 14.1. The molecule has 0 aliphatic rings. The molecule has 0 aliphatic carbocycles. The first-order chi connectivity index (χ1) is 9.66. The van der Waals surface area contributed by atoms with Crippen molar-refractivity contribution < 1.29 is 0 Å². The number of benzene rings is 3. The van der Waals surface area contributed by atoms with Gasteiger partial charge in [0.15, 0.2) is 0 Å². The molecule has 3 aromatic rings. The summed E-state index contributed by atoms with van der Waals surface area (Å²) in [5, 5.41) is 3.17. The van der Waals surface area contributed by atoms with Crippen LogP contribution in [0.2, 0.25) is 5.02 Å². The largest absolute Gasteiger partial charge is 0.320 e. The van der Waals surface area contributed by atoms with Gasteiger partial charge in [0.2, 0.25) is 0 Å². The van der Waals surface area contributed by atoms with Crippen molar-refractivity contribution in [1.29, 1.82) is 0 Å². The lowest BCUT2D eigenvalue weighted by Gasteiger charge is -2.17. The van der Waals surface area contributed by atoms with Crippen LogP contribution in [0.15, 0.2) is 60.7 Å². The Hall–Kier alpha value is -1.83. The molecule has 0 amide bonds. The second kappa shape index (κ2) is 5.28. The maximum absolute atomic E-state index is 6.49. The number of rotatable bonds is 2. The molecule has 0 spiro atoms. The first kappa shape index (κ1) is 13.2. The Balaban J connectivity index is 2.15. The average Bonchev–Trinajstić information content (AvgIpc) is 2.46. The summed E-state index contributed by atoms with van der Waals surface area (Å²) < 4.78 is 0. The lowest BCUT2D eigenvalue weighted by atomic mass is 9.92. The fraction of sp³-hybridized carbons (Fsp3) is 0.111. The Kier molecular flexibility index (Phi) is 3.47. The van der Waals surface area contributed by atoms with E-state index < -0.39 is 0 Å². The van der Waals surface area contributed by atoms with Gasteiger partial charge in [0, 0.05) is 5.02 Å². The molecule has 100 valence electrons. The molecule has 1 nitrogen and oxygen atoms in total. The van der Waals surface area contributed by atoms with Gasteiger partial charge in [-0.3, -0.25) is 0 Å². The maximum Gasteiger partial charge on any atom is 0.0560 e. The minimum atomic E-state index is -0.140. The molecule has 0 saturated heterocycles. The predicted octanol–water partition coefficient (Wildman–Crippen LogP) is 4.85. The topological polar surface area (TPSA) is 26.0 Å². The Morgan fingerprint density at radius 1 is 0.900 bits per heavy atom. The van der Waals surface area contributed by atoms with Gasteiger partial charge in [-0.25, -0.2) is 0 Å². The molecule has 3 aromatic carbocycles. The van der Waals surface area contributed by atoms with Crippen LogP contribution in [-0.2, 0) is 0 Å². The predicted molar refractivity (Wildman–Crippen MR) is 86.2 cm³/mol. The highest BCUT2D eigenvalue weighted by Gasteiger charge is 2.14. The van der Waals surface area contributed by atoms with Crippen LogP contribution in [-0.4, -0.2) is 0 Å². The summed E-state index contributed by atoms with van der Waals surface area (Å²) in [5.41, 5.74) is 9.88. The number of hydrogen-bond donors (Lipinski definition) is 1. The van der Waals surface area contributed by atoms with Crippen molar-refractivity contribution in [2.75, 3.05) is 0 Å². The highest BCUT2D eigenvalue weighted by molar-refractivity contribution is 6.30. The van der Waals surface area contributed by atoms with Crippen LogP contribution in [0.1, 0.15) is 22.7 Å². The van der Waals surface area contributed by atoms with E-state index in [4.69, 9.17) is 17.3 Å². The molecule has 0 heterocycles. The Morgan fingerprint density at radius 2 is 1.65 bits per heavy atom. The molecule has 2 heteroatoms. The van der Waals surface area contributed by atoms with Crippen LogP contribution < -0.4 is 5.73 Å². The summed E-state index contributed by atoms with van der Waals surface area (Å²) in [4.78, 5) is 0. The Morgan fingerprint density at radius 3 is 2.45 bits per heavy atom. The van der Waals surface area contributed by atoms with Crippen molar-refractivity contribution >= 4 is 22.4 Å². The van der Waals surface area contributed by atoms with Crippen LogP contribution in [0.25, 0.3) is 10.8 Å². The van der Waals surface area contributed by atoms with Gasteiger partial charge in [0.05, 0.1) is 6.04 Å². The molecule has 3 rings (SSSR count). The summed E-state index contributed by atoms with van der Waals surface area (Å²) in [6.45, 7) is 2.05. The first-order valence-electron chi connectivity index (χ1n) is 6.66. The van der Waals surface area contributed by atoms with E-state index in [1.165, 1.54) is 10.8 Å². The van der Waals surface area contributed by atoms with E-state index in [0.717, 1.165) is 21.7 Å². The molecule has 0 radical (unpaired) electrons. The van der Waals surface area contributed by atoms with E-state index in [-0.39, 0.29) is 6.04 Å². The third-order valence-electron chi connectivity index (χ3n) is 3.73. The van der Waals surface area contributed by atoms with Gasteiger partial charge in [0.25, 0.3) is 0 Å². The highest BCUT2D eigenvalue weighted by Crippen LogP contribution is 2.29. The van der Waals surface area contributed by atoms with Gasteiger partial charge in [-0.05, 0) is 46.5 Å². The quantitative estimate of drug-likeness (QED) is 0.714. The molecule has 0 saturated carbocycles. The van der Waals surface area contributed by atoms with Crippen LogP contribution in [0.4, 0.5) is 0 Å². The van der Waals surface area contributed by atoms with Crippen LogP contribution in [0, 0.1) is 6.92 Å². The first-order valence-corrected chi connectivity index (χ1v) is 7.04. The number of halogens is 1. The van der Waals surface area contributed by atoms with E-state index in [2.05, 4.69) is 30.3 Å². The minimum Gasteiger partial charge on any atom is -0.320 e. The van der Waals surface area contributed by atoms with E-state index >= 15 is 0 Å². The SMILES string of the molecule is Cc1cc(Cl)ccc1C(N)c1cccc2ccccc12. The number of aryl methyl sites for hydroxylation is 1. The minimum absolute atomic E-state index is 0.140. The van der Waals surface area contributed by atoms with E-state index in [0.29, 0.717) is 0 Å². The lowest BCUT2D eigenvalue weighted by molar-refractivity contribution is 0.870. The monoisotopic (exact) mass is 281 g/mol. The summed E-state index contributed by atoms with van der Waals surface area (Å²) in [6, 6.07) is 20.3.